The van der Waals surface area contributed by atoms with Crippen molar-refractivity contribution in [2.24, 2.45) is 5.92 Å². The molecule has 2 heterocycles. The van der Waals surface area contributed by atoms with E-state index in [4.69, 9.17) is 4.74 Å². The maximum atomic E-state index is 12.5. The van der Waals surface area contributed by atoms with Crippen molar-refractivity contribution in [3.63, 3.8) is 0 Å². The second-order valence-corrected chi connectivity index (χ2v) is 7.18. The zero-order valence-corrected chi connectivity index (χ0v) is 14.4. The molecular formula is C17H29N3O4. The van der Waals surface area contributed by atoms with Crippen molar-refractivity contribution in [2.45, 2.75) is 50.8 Å². The lowest BCUT2D eigenvalue weighted by atomic mass is 9.95. The van der Waals surface area contributed by atoms with Crippen LogP contribution in [0.25, 0.3) is 0 Å². The standard InChI is InChI=1S/C17H29N3O4/c1-12(21)19-6-4-13(5-7-19)17(23)18-14-2-3-15(16(14)22)20-8-10-24-11-9-20/h13-16,22H,2-11H2,1H3,(H,18,23)/t14-,15-,16-/m1/s1. The Bertz CT molecular complexity index is 459. The Balaban J connectivity index is 1.47. The molecule has 3 fully saturated rings. The summed E-state index contributed by atoms with van der Waals surface area (Å²) in [5, 5.41) is 13.7. The van der Waals surface area contributed by atoms with Gasteiger partial charge >= 0.3 is 0 Å². The van der Waals surface area contributed by atoms with Crippen LogP contribution in [0.3, 0.4) is 0 Å². The number of hydrogen-bond donors (Lipinski definition) is 2. The Kier molecular flexibility index (Phi) is 5.73. The van der Waals surface area contributed by atoms with Crippen LogP contribution in [-0.4, -0.2) is 84.3 Å². The Morgan fingerprint density at radius 2 is 1.71 bits per heavy atom. The molecule has 2 amide bonds. The normalized spacial score (nSPS) is 32.8. The topological polar surface area (TPSA) is 82.1 Å². The monoisotopic (exact) mass is 339 g/mol. The third-order valence-electron chi connectivity index (χ3n) is 5.73. The van der Waals surface area contributed by atoms with Crippen molar-refractivity contribution >= 4 is 11.8 Å². The number of ether oxygens (including phenoxy) is 1. The maximum absolute atomic E-state index is 12.5. The van der Waals surface area contributed by atoms with E-state index < -0.39 is 6.10 Å². The quantitative estimate of drug-likeness (QED) is 0.730. The molecule has 0 unspecified atom stereocenters. The van der Waals surface area contributed by atoms with Gasteiger partial charge in [0.2, 0.25) is 11.8 Å². The predicted molar refractivity (Wildman–Crippen MR) is 88.3 cm³/mol. The fourth-order valence-corrected chi connectivity index (χ4v) is 4.18. The Labute approximate surface area is 143 Å². The summed E-state index contributed by atoms with van der Waals surface area (Å²) in [6.45, 7) is 6.01. The average molecular weight is 339 g/mol. The summed E-state index contributed by atoms with van der Waals surface area (Å²) in [5.41, 5.74) is 0. The molecule has 1 aliphatic carbocycles. The fraction of sp³-hybridized carbons (Fsp3) is 0.882. The van der Waals surface area contributed by atoms with Crippen LogP contribution in [0.4, 0.5) is 0 Å². The van der Waals surface area contributed by atoms with Gasteiger partial charge in [-0.15, -0.1) is 0 Å². The number of nitrogens with zero attached hydrogens (tertiary/aromatic N) is 2. The Morgan fingerprint density at radius 3 is 2.33 bits per heavy atom. The third kappa shape index (κ3) is 3.90. The molecule has 2 saturated heterocycles. The van der Waals surface area contributed by atoms with Crippen molar-refractivity contribution in [1.82, 2.24) is 15.1 Å². The molecule has 3 aliphatic rings. The maximum Gasteiger partial charge on any atom is 0.223 e. The van der Waals surface area contributed by atoms with E-state index in [-0.39, 0.29) is 29.8 Å². The molecule has 3 rings (SSSR count). The van der Waals surface area contributed by atoms with Crippen molar-refractivity contribution in [1.29, 1.82) is 0 Å². The first kappa shape index (κ1) is 17.6. The van der Waals surface area contributed by atoms with E-state index in [9.17, 15) is 14.7 Å². The third-order valence-corrected chi connectivity index (χ3v) is 5.73. The van der Waals surface area contributed by atoms with Gasteiger partial charge in [0.1, 0.15) is 0 Å². The number of carbonyl (C=O) groups is 2. The van der Waals surface area contributed by atoms with E-state index in [1.54, 1.807) is 11.8 Å². The van der Waals surface area contributed by atoms with Crippen molar-refractivity contribution < 1.29 is 19.4 Å². The van der Waals surface area contributed by atoms with Gasteiger partial charge in [-0.25, -0.2) is 0 Å². The molecule has 2 N–H and O–H groups in total. The van der Waals surface area contributed by atoms with Gasteiger partial charge in [0.25, 0.3) is 0 Å². The molecule has 0 radical (unpaired) electrons. The average Bonchev–Trinajstić information content (AvgIpc) is 2.96. The lowest BCUT2D eigenvalue weighted by molar-refractivity contribution is -0.134. The summed E-state index contributed by atoms with van der Waals surface area (Å²) < 4.78 is 5.37. The molecule has 3 atom stereocenters. The molecule has 0 aromatic carbocycles. The van der Waals surface area contributed by atoms with Gasteiger partial charge in [-0.2, -0.15) is 0 Å². The van der Waals surface area contributed by atoms with E-state index in [2.05, 4.69) is 10.2 Å². The van der Waals surface area contributed by atoms with Crippen LogP contribution < -0.4 is 5.32 Å². The summed E-state index contributed by atoms with van der Waals surface area (Å²) in [5.74, 6) is 0.0635. The molecule has 0 spiro atoms. The highest BCUT2D eigenvalue weighted by Crippen LogP contribution is 2.26. The first-order valence-corrected chi connectivity index (χ1v) is 9.12. The van der Waals surface area contributed by atoms with Crippen molar-refractivity contribution in [2.75, 3.05) is 39.4 Å². The summed E-state index contributed by atoms with van der Waals surface area (Å²) in [6.07, 6.45) is 2.64. The van der Waals surface area contributed by atoms with Crippen LogP contribution in [-0.2, 0) is 14.3 Å². The number of hydrogen-bond acceptors (Lipinski definition) is 5. The second-order valence-electron chi connectivity index (χ2n) is 7.18. The highest BCUT2D eigenvalue weighted by Gasteiger charge is 2.40. The number of amides is 2. The van der Waals surface area contributed by atoms with E-state index in [0.717, 1.165) is 39.1 Å². The molecule has 1 saturated carbocycles. The summed E-state index contributed by atoms with van der Waals surface area (Å²) >= 11 is 0. The van der Waals surface area contributed by atoms with E-state index >= 15 is 0 Å². The molecular weight excluding hydrogens is 310 g/mol. The number of aliphatic hydroxyl groups is 1. The lowest BCUT2D eigenvalue weighted by Gasteiger charge is -2.35. The molecule has 7 heteroatoms. The van der Waals surface area contributed by atoms with Gasteiger partial charge < -0.3 is 20.1 Å². The number of likely N-dealkylation sites (tertiary alicyclic amines) is 1. The molecule has 0 bridgehead atoms. The number of nitrogens with one attached hydrogen (secondary N) is 1. The Morgan fingerprint density at radius 1 is 1.04 bits per heavy atom. The van der Waals surface area contributed by atoms with Crippen LogP contribution in [0, 0.1) is 5.92 Å². The molecule has 136 valence electrons. The second kappa shape index (κ2) is 7.80. The minimum atomic E-state index is -0.510. The van der Waals surface area contributed by atoms with Gasteiger partial charge in [0, 0.05) is 45.1 Å². The number of piperidine rings is 1. The highest BCUT2D eigenvalue weighted by atomic mass is 16.5. The van der Waals surface area contributed by atoms with Gasteiger partial charge in [0.05, 0.1) is 25.4 Å². The number of rotatable bonds is 3. The summed E-state index contributed by atoms with van der Waals surface area (Å²) in [4.78, 5) is 27.9. The largest absolute Gasteiger partial charge is 0.389 e. The molecule has 2 aliphatic heterocycles. The van der Waals surface area contributed by atoms with E-state index in [0.29, 0.717) is 25.9 Å². The zero-order chi connectivity index (χ0) is 17.1. The van der Waals surface area contributed by atoms with Crippen molar-refractivity contribution in [3.8, 4) is 0 Å². The van der Waals surface area contributed by atoms with E-state index in [1.165, 1.54) is 0 Å². The SMILES string of the molecule is CC(=O)N1CCC(C(=O)N[C@@H]2CC[C@@H](N3CCOCC3)[C@@H]2O)CC1. The first-order chi connectivity index (χ1) is 11.6. The molecule has 0 aromatic heterocycles. The zero-order valence-electron chi connectivity index (χ0n) is 14.4. The van der Waals surface area contributed by atoms with Crippen LogP contribution in [0.1, 0.15) is 32.6 Å². The van der Waals surface area contributed by atoms with Crippen LogP contribution in [0.15, 0.2) is 0 Å². The summed E-state index contributed by atoms with van der Waals surface area (Å²) in [7, 11) is 0. The smallest absolute Gasteiger partial charge is 0.223 e. The summed E-state index contributed by atoms with van der Waals surface area (Å²) in [6, 6.07) is -0.0325. The van der Waals surface area contributed by atoms with Gasteiger partial charge in [-0.05, 0) is 25.7 Å². The number of morpholine rings is 1. The lowest BCUT2D eigenvalue weighted by Crippen LogP contribution is -2.52. The number of aliphatic hydroxyl groups excluding tert-OH is 1. The van der Waals surface area contributed by atoms with Crippen LogP contribution in [0.2, 0.25) is 0 Å². The van der Waals surface area contributed by atoms with Crippen molar-refractivity contribution in [3.05, 3.63) is 0 Å². The Hall–Kier alpha value is -1.18. The minimum Gasteiger partial charge on any atom is -0.389 e. The number of carbonyl (C=O) groups excluding carboxylic acids is 2. The molecule has 0 aromatic rings. The fourth-order valence-electron chi connectivity index (χ4n) is 4.18. The van der Waals surface area contributed by atoms with Gasteiger partial charge in [-0.3, -0.25) is 14.5 Å². The molecule has 24 heavy (non-hydrogen) atoms. The molecule has 7 nitrogen and oxygen atoms in total. The van der Waals surface area contributed by atoms with E-state index in [1.807, 2.05) is 0 Å². The predicted octanol–water partition coefficient (Wildman–Crippen LogP) is -0.415. The minimum absolute atomic E-state index is 0.0323. The highest BCUT2D eigenvalue weighted by molar-refractivity contribution is 5.80. The van der Waals surface area contributed by atoms with Crippen LogP contribution >= 0.6 is 0 Å². The van der Waals surface area contributed by atoms with Gasteiger partial charge in [-0.1, -0.05) is 0 Å². The first-order valence-electron chi connectivity index (χ1n) is 9.12. The van der Waals surface area contributed by atoms with Gasteiger partial charge in [0.15, 0.2) is 0 Å². The van der Waals surface area contributed by atoms with Crippen LogP contribution in [0.5, 0.6) is 0 Å².